The number of hydrogen-bond donors (Lipinski definition) is 0. The first-order valence-corrected chi connectivity index (χ1v) is 7.16. The van der Waals surface area contributed by atoms with Crippen molar-refractivity contribution in [3.8, 4) is 11.5 Å². The van der Waals surface area contributed by atoms with Gasteiger partial charge in [0.2, 0.25) is 11.8 Å². The maximum Gasteiger partial charge on any atom is 0.248 e. The number of aromatic nitrogens is 2. The first kappa shape index (κ1) is 12.4. The number of alkyl halides is 1. The Bertz CT molecular complexity index is 703. The SMILES string of the molecule is CCC(Br)c1nnc(-c2cccc3ccccc23)o1. The Morgan fingerprint density at radius 3 is 2.74 bits per heavy atom. The molecule has 0 aliphatic carbocycles. The van der Waals surface area contributed by atoms with Crippen molar-refractivity contribution in [3.05, 3.63) is 48.4 Å². The van der Waals surface area contributed by atoms with Crippen molar-refractivity contribution in [1.82, 2.24) is 10.2 Å². The number of rotatable bonds is 3. The van der Waals surface area contributed by atoms with E-state index in [0.29, 0.717) is 11.8 Å². The van der Waals surface area contributed by atoms with Crippen molar-refractivity contribution in [1.29, 1.82) is 0 Å². The Kier molecular flexibility index (Phi) is 3.34. The van der Waals surface area contributed by atoms with Gasteiger partial charge in [0.15, 0.2) is 0 Å². The van der Waals surface area contributed by atoms with E-state index in [1.807, 2.05) is 24.3 Å². The van der Waals surface area contributed by atoms with E-state index < -0.39 is 0 Å². The third-order valence-electron chi connectivity index (χ3n) is 3.09. The van der Waals surface area contributed by atoms with E-state index >= 15 is 0 Å². The molecular formula is C15H13BrN2O. The van der Waals surface area contributed by atoms with Crippen LogP contribution in [0, 0.1) is 0 Å². The van der Waals surface area contributed by atoms with Crippen molar-refractivity contribution in [3.63, 3.8) is 0 Å². The summed E-state index contributed by atoms with van der Waals surface area (Å²) in [5.41, 5.74) is 0.979. The van der Waals surface area contributed by atoms with Crippen molar-refractivity contribution in [2.45, 2.75) is 18.2 Å². The summed E-state index contributed by atoms with van der Waals surface area (Å²) in [6.45, 7) is 2.07. The smallest absolute Gasteiger partial charge is 0.248 e. The minimum atomic E-state index is 0.115. The molecule has 1 unspecified atom stereocenters. The fourth-order valence-electron chi connectivity index (χ4n) is 2.06. The molecule has 3 rings (SSSR count). The molecule has 1 aromatic heterocycles. The first-order chi connectivity index (χ1) is 9.29. The van der Waals surface area contributed by atoms with Gasteiger partial charge in [0.25, 0.3) is 0 Å². The van der Waals surface area contributed by atoms with Crippen LogP contribution in [0.4, 0.5) is 0 Å². The third kappa shape index (κ3) is 2.28. The number of benzene rings is 2. The van der Waals surface area contributed by atoms with Gasteiger partial charge in [0.05, 0.1) is 4.83 Å². The van der Waals surface area contributed by atoms with Crippen LogP contribution in [0.5, 0.6) is 0 Å². The molecule has 4 heteroatoms. The second-order valence-electron chi connectivity index (χ2n) is 4.35. The molecule has 19 heavy (non-hydrogen) atoms. The Morgan fingerprint density at radius 1 is 1.11 bits per heavy atom. The van der Waals surface area contributed by atoms with Crippen LogP contribution in [0.15, 0.2) is 46.9 Å². The molecule has 3 nitrogen and oxygen atoms in total. The molecule has 3 aromatic rings. The molecule has 0 radical (unpaired) electrons. The summed E-state index contributed by atoms with van der Waals surface area (Å²) in [6, 6.07) is 14.3. The molecule has 0 N–H and O–H groups in total. The Labute approximate surface area is 119 Å². The highest BCUT2D eigenvalue weighted by Gasteiger charge is 2.15. The molecular weight excluding hydrogens is 304 g/mol. The second-order valence-corrected chi connectivity index (χ2v) is 5.45. The zero-order valence-corrected chi connectivity index (χ0v) is 12.1. The average molecular weight is 317 g/mol. The summed E-state index contributed by atoms with van der Waals surface area (Å²) in [5, 5.41) is 10.6. The number of nitrogens with zero attached hydrogens (tertiary/aromatic N) is 2. The predicted octanol–water partition coefficient (Wildman–Crippen LogP) is 4.74. The number of halogens is 1. The maximum atomic E-state index is 5.76. The van der Waals surface area contributed by atoms with E-state index in [0.717, 1.165) is 17.4 Å². The van der Waals surface area contributed by atoms with Gasteiger partial charge in [-0.3, -0.25) is 0 Å². The van der Waals surface area contributed by atoms with Gasteiger partial charge in [0.1, 0.15) is 0 Å². The normalized spacial score (nSPS) is 12.7. The van der Waals surface area contributed by atoms with Crippen molar-refractivity contribution >= 4 is 26.7 Å². The zero-order valence-electron chi connectivity index (χ0n) is 10.5. The van der Waals surface area contributed by atoms with E-state index in [2.05, 4.69) is 51.3 Å². The van der Waals surface area contributed by atoms with Crippen LogP contribution in [0.3, 0.4) is 0 Å². The number of hydrogen-bond acceptors (Lipinski definition) is 3. The average Bonchev–Trinajstić information content (AvgIpc) is 2.95. The Balaban J connectivity index is 2.12. The standard InChI is InChI=1S/C15H13BrN2O/c1-2-13(16)15-18-17-14(19-15)12-9-5-7-10-6-3-4-8-11(10)12/h3-9,13H,2H2,1H3. The van der Waals surface area contributed by atoms with Gasteiger partial charge >= 0.3 is 0 Å². The van der Waals surface area contributed by atoms with Crippen LogP contribution in [0.2, 0.25) is 0 Å². The summed E-state index contributed by atoms with van der Waals surface area (Å²) in [5.74, 6) is 1.20. The van der Waals surface area contributed by atoms with Gasteiger partial charge < -0.3 is 4.42 Å². The molecule has 0 bridgehead atoms. The lowest BCUT2D eigenvalue weighted by Gasteiger charge is -2.02. The maximum absolute atomic E-state index is 5.76. The van der Waals surface area contributed by atoms with E-state index in [9.17, 15) is 0 Å². The molecule has 1 atom stereocenters. The molecule has 0 saturated carbocycles. The Morgan fingerprint density at radius 2 is 1.89 bits per heavy atom. The summed E-state index contributed by atoms with van der Waals surface area (Å²) < 4.78 is 5.76. The summed E-state index contributed by atoms with van der Waals surface area (Å²) in [6.07, 6.45) is 0.914. The van der Waals surface area contributed by atoms with E-state index in [-0.39, 0.29) is 4.83 Å². The monoisotopic (exact) mass is 316 g/mol. The molecule has 0 saturated heterocycles. The van der Waals surface area contributed by atoms with E-state index in [1.165, 1.54) is 5.39 Å². The van der Waals surface area contributed by atoms with Crippen LogP contribution < -0.4 is 0 Å². The van der Waals surface area contributed by atoms with Crippen LogP contribution in [-0.4, -0.2) is 10.2 Å². The van der Waals surface area contributed by atoms with Gasteiger partial charge in [-0.25, -0.2) is 0 Å². The Hall–Kier alpha value is -1.68. The summed E-state index contributed by atoms with van der Waals surface area (Å²) in [4.78, 5) is 0.115. The molecule has 0 fully saturated rings. The van der Waals surface area contributed by atoms with E-state index in [1.54, 1.807) is 0 Å². The van der Waals surface area contributed by atoms with Crippen LogP contribution in [-0.2, 0) is 0 Å². The lowest BCUT2D eigenvalue weighted by molar-refractivity contribution is 0.501. The molecule has 96 valence electrons. The molecule has 0 aliphatic rings. The van der Waals surface area contributed by atoms with Crippen LogP contribution in [0.25, 0.3) is 22.2 Å². The van der Waals surface area contributed by atoms with Gasteiger partial charge in [0, 0.05) is 5.56 Å². The fraction of sp³-hybridized carbons (Fsp3) is 0.200. The second kappa shape index (κ2) is 5.13. The highest BCUT2D eigenvalue weighted by Crippen LogP contribution is 2.31. The van der Waals surface area contributed by atoms with Gasteiger partial charge in [-0.15, -0.1) is 10.2 Å². The minimum absolute atomic E-state index is 0.115. The lowest BCUT2D eigenvalue weighted by atomic mass is 10.0. The first-order valence-electron chi connectivity index (χ1n) is 6.25. The third-order valence-corrected chi connectivity index (χ3v) is 4.13. The van der Waals surface area contributed by atoms with Crippen LogP contribution >= 0.6 is 15.9 Å². The highest BCUT2D eigenvalue weighted by molar-refractivity contribution is 9.09. The molecule has 0 aliphatic heterocycles. The summed E-state index contributed by atoms with van der Waals surface area (Å²) >= 11 is 3.52. The number of fused-ring (bicyclic) bond motifs is 1. The van der Waals surface area contributed by atoms with Gasteiger partial charge in [-0.2, -0.15) is 0 Å². The van der Waals surface area contributed by atoms with Gasteiger partial charge in [-0.05, 0) is 23.3 Å². The fourth-order valence-corrected chi connectivity index (χ4v) is 2.24. The molecule has 0 spiro atoms. The highest BCUT2D eigenvalue weighted by atomic mass is 79.9. The lowest BCUT2D eigenvalue weighted by Crippen LogP contribution is -1.86. The molecule has 2 aromatic carbocycles. The van der Waals surface area contributed by atoms with Crippen LogP contribution in [0.1, 0.15) is 24.1 Å². The summed E-state index contributed by atoms with van der Waals surface area (Å²) in [7, 11) is 0. The minimum Gasteiger partial charge on any atom is -0.419 e. The molecule has 0 amide bonds. The largest absolute Gasteiger partial charge is 0.419 e. The quantitative estimate of drug-likeness (QED) is 0.655. The van der Waals surface area contributed by atoms with Crippen molar-refractivity contribution < 1.29 is 4.42 Å². The molecule has 1 heterocycles. The van der Waals surface area contributed by atoms with Crippen molar-refractivity contribution in [2.24, 2.45) is 0 Å². The zero-order chi connectivity index (χ0) is 13.2. The predicted molar refractivity (Wildman–Crippen MR) is 79.2 cm³/mol. The van der Waals surface area contributed by atoms with E-state index in [4.69, 9.17) is 4.42 Å². The van der Waals surface area contributed by atoms with Gasteiger partial charge in [-0.1, -0.05) is 59.3 Å². The topological polar surface area (TPSA) is 38.9 Å². The van der Waals surface area contributed by atoms with Crippen molar-refractivity contribution in [2.75, 3.05) is 0 Å².